The topological polar surface area (TPSA) is 67.4 Å². The Labute approximate surface area is 181 Å². The normalized spacial score (nSPS) is 11.2. The maximum Gasteiger partial charge on any atom is 0.573 e. The number of aromatic nitrogens is 2. The average Bonchev–Trinajstić information content (AvgIpc) is 2.74. The maximum atomic E-state index is 13.8. The van der Waals surface area contributed by atoms with Gasteiger partial charge in [-0.15, -0.1) is 13.2 Å². The summed E-state index contributed by atoms with van der Waals surface area (Å²) >= 11 is 0. The standard InChI is InChI=1S/C22H20F4N4O2/c1-3-8-30(2)20-19(14-9-16(23)13-27-11-14)10-15(12-28-20)21(31)29-17-4-6-18(7-5-17)32-22(24,25)26/h4-7,9-13H,3,8H2,1-2H3,(H,29,31). The van der Waals surface area contributed by atoms with Gasteiger partial charge in [-0.2, -0.15) is 0 Å². The predicted molar refractivity (Wildman–Crippen MR) is 112 cm³/mol. The summed E-state index contributed by atoms with van der Waals surface area (Å²) < 4.78 is 54.4. The molecule has 2 aromatic heterocycles. The van der Waals surface area contributed by atoms with Crippen molar-refractivity contribution in [3.63, 3.8) is 0 Å². The molecular weight excluding hydrogens is 428 g/mol. The van der Waals surface area contributed by atoms with Crippen LogP contribution in [0, 0.1) is 5.82 Å². The minimum atomic E-state index is -4.80. The molecule has 0 spiro atoms. The zero-order valence-electron chi connectivity index (χ0n) is 17.3. The Morgan fingerprint density at radius 1 is 1.12 bits per heavy atom. The van der Waals surface area contributed by atoms with Crippen molar-refractivity contribution in [2.45, 2.75) is 19.7 Å². The Kier molecular flexibility index (Phi) is 6.92. The monoisotopic (exact) mass is 448 g/mol. The van der Waals surface area contributed by atoms with Crippen LogP contribution in [0.15, 0.2) is 55.0 Å². The van der Waals surface area contributed by atoms with Gasteiger partial charge in [0.25, 0.3) is 5.91 Å². The van der Waals surface area contributed by atoms with E-state index >= 15 is 0 Å². The zero-order chi connectivity index (χ0) is 23.3. The van der Waals surface area contributed by atoms with Crippen molar-refractivity contribution >= 4 is 17.4 Å². The molecule has 0 saturated heterocycles. The summed E-state index contributed by atoms with van der Waals surface area (Å²) in [4.78, 5) is 22.9. The highest BCUT2D eigenvalue weighted by Gasteiger charge is 2.31. The molecule has 0 fully saturated rings. The quantitative estimate of drug-likeness (QED) is 0.498. The zero-order valence-corrected chi connectivity index (χ0v) is 17.3. The van der Waals surface area contributed by atoms with Gasteiger partial charge >= 0.3 is 6.36 Å². The lowest BCUT2D eigenvalue weighted by Gasteiger charge is -2.21. The summed E-state index contributed by atoms with van der Waals surface area (Å²) in [5.74, 6) is -0.897. The molecule has 2 heterocycles. The first-order valence-corrected chi connectivity index (χ1v) is 9.65. The van der Waals surface area contributed by atoms with E-state index in [-0.39, 0.29) is 11.3 Å². The minimum Gasteiger partial charge on any atom is -0.406 e. The molecule has 0 unspecified atom stereocenters. The maximum absolute atomic E-state index is 13.8. The van der Waals surface area contributed by atoms with Gasteiger partial charge in [0, 0.05) is 42.8 Å². The van der Waals surface area contributed by atoms with Crippen LogP contribution in [-0.2, 0) is 0 Å². The number of ether oxygens (including phenoxy) is 1. The first-order chi connectivity index (χ1) is 15.2. The summed E-state index contributed by atoms with van der Waals surface area (Å²) in [6, 6.07) is 7.62. The highest BCUT2D eigenvalue weighted by atomic mass is 19.4. The molecule has 32 heavy (non-hydrogen) atoms. The van der Waals surface area contributed by atoms with E-state index in [1.54, 1.807) is 6.07 Å². The number of carbonyl (C=O) groups excluding carboxylic acids is 1. The number of alkyl halides is 3. The van der Waals surface area contributed by atoms with Crippen LogP contribution in [0.4, 0.5) is 29.1 Å². The van der Waals surface area contributed by atoms with Crippen LogP contribution in [-0.4, -0.2) is 35.8 Å². The SMILES string of the molecule is CCCN(C)c1ncc(C(=O)Nc2ccc(OC(F)(F)F)cc2)cc1-c1cncc(F)c1. The number of amides is 1. The summed E-state index contributed by atoms with van der Waals surface area (Å²) in [6.45, 7) is 2.70. The number of hydrogen-bond acceptors (Lipinski definition) is 5. The molecule has 3 aromatic rings. The second kappa shape index (κ2) is 9.63. The van der Waals surface area contributed by atoms with Gasteiger partial charge < -0.3 is 15.0 Å². The fraction of sp³-hybridized carbons (Fsp3) is 0.227. The highest BCUT2D eigenvalue weighted by molar-refractivity contribution is 6.05. The number of pyridine rings is 2. The number of hydrogen-bond donors (Lipinski definition) is 1. The van der Waals surface area contributed by atoms with E-state index in [0.29, 0.717) is 23.5 Å². The van der Waals surface area contributed by atoms with Crippen LogP contribution < -0.4 is 15.0 Å². The lowest BCUT2D eigenvalue weighted by atomic mass is 10.1. The van der Waals surface area contributed by atoms with E-state index < -0.39 is 23.8 Å². The van der Waals surface area contributed by atoms with Gasteiger partial charge in [-0.05, 0) is 42.8 Å². The van der Waals surface area contributed by atoms with Gasteiger partial charge in [0.15, 0.2) is 0 Å². The van der Waals surface area contributed by atoms with Gasteiger partial charge in [0.2, 0.25) is 0 Å². The van der Waals surface area contributed by atoms with Gasteiger partial charge in [0.05, 0.1) is 11.8 Å². The van der Waals surface area contributed by atoms with E-state index in [1.807, 2.05) is 18.9 Å². The molecule has 0 radical (unpaired) electrons. The Balaban J connectivity index is 1.87. The van der Waals surface area contributed by atoms with E-state index in [4.69, 9.17) is 0 Å². The first-order valence-electron chi connectivity index (χ1n) is 9.65. The van der Waals surface area contributed by atoms with Crippen LogP contribution in [0.25, 0.3) is 11.1 Å². The van der Waals surface area contributed by atoms with Gasteiger partial charge in [-0.25, -0.2) is 9.37 Å². The molecule has 0 atom stereocenters. The second-order valence-corrected chi connectivity index (χ2v) is 6.93. The number of anilines is 2. The van der Waals surface area contributed by atoms with Gasteiger partial charge in [-0.1, -0.05) is 6.92 Å². The minimum absolute atomic E-state index is 0.188. The molecule has 3 rings (SSSR count). The summed E-state index contributed by atoms with van der Waals surface area (Å²) in [6.07, 6.45) is -0.00566. The highest BCUT2D eigenvalue weighted by Crippen LogP contribution is 2.30. The van der Waals surface area contributed by atoms with Crippen LogP contribution in [0.3, 0.4) is 0 Å². The van der Waals surface area contributed by atoms with Crippen LogP contribution in [0.5, 0.6) is 5.75 Å². The lowest BCUT2D eigenvalue weighted by molar-refractivity contribution is -0.274. The van der Waals surface area contributed by atoms with Crippen molar-refractivity contribution in [2.75, 3.05) is 23.8 Å². The molecule has 168 valence electrons. The van der Waals surface area contributed by atoms with Crippen LogP contribution >= 0.6 is 0 Å². The Morgan fingerprint density at radius 2 is 1.84 bits per heavy atom. The lowest BCUT2D eigenvalue weighted by Crippen LogP contribution is -2.21. The average molecular weight is 448 g/mol. The predicted octanol–water partition coefficient (Wildman–Crippen LogP) is 5.28. The number of benzene rings is 1. The van der Waals surface area contributed by atoms with E-state index in [9.17, 15) is 22.4 Å². The van der Waals surface area contributed by atoms with Crippen LogP contribution in [0.2, 0.25) is 0 Å². The number of halogens is 4. The molecule has 0 bridgehead atoms. The second-order valence-electron chi connectivity index (χ2n) is 6.93. The molecule has 1 N–H and O–H groups in total. The summed E-state index contributed by atoms with van der Waals surface area (Å²) in [5.41, 5.74) is 1.44. The molecule has 0 aliphatic heterocycles. The van der Waals surface area contributed by atoms with Crippen molar-refractivity contribution in [1.82, 2.24) is 9.97 Å². The number of rotatable bonds is 7. The fourth-order valence-corrected chi connectivity index (χ4v) is 3.04. The van der Waals surface area contributed by atoms with Crippen molar-refractivity contribution in [2.24, 2.45) is 0 Å². The summed E-state index contributed by atoms with van der Waals surface area (Å²) in [5, 5.41) is 2.59. The Hall–Kier alpha value is -3.69. The van der Waals surface area contributed by atoms with Gasteiger partial charge in [0.1, 0.15) is 17.4 Å². The number of nitrogens with zero attached hydrogens (tertiary/aromatic N) is 3. The molecule has 0 aliphatic rings. The molecule has 0 aliphatic carbocycles. The largest absolute Gasteiger partial charge is 0.573 e. The van der Waals surface area contributed by atoms with Crippen molar-refractivity contribution in [3.05, 3.63) is 66.4 Å². The fourth-order valence-electron chi connectivity index (χ4n) is 3.04. The summed E-state index contributed by atoms with van der Waals surface area (Å²) in [7, 11) is 1.84. The van der Waals surface area contributed by atoms with Crippen molar-refractivity contribution in [1.29, 1.82) is 0 Å². The van der Waals surface area contributed by atoms with E-state index in [0.717, 1.165) is 24.8 Å². The Bertz CT molecular complexity index is 1090. The Morgan fingerprint density at radius 3 is 2.47 bits per heavy atom. The smallest absolute Gasteiger partial charge is 0.406 e. The van der Waals surface area contributed by atoms with Gasteiger partial charge in [-0.3, -0.25) is 9.78 Å². The molecule has 0 saturated carbocycles. The molecule has 1 amide bonds. The van der Waals surface area contributed by atoms with Crippen molar-refractivity contribution < 1.29 is 27.1 Å². The molecule has 1 aromatic carbocycles. The number of carbonyl (C=O) groups is 1. The van der Waals surface area contributed by atoms with E-state index in [1.165, 1.54) is 30.6 Å². The third-order valence-electron chi connectivity index (χ3n) is 4.41. The molecular formula is C22H20F4N4O2. The third kappa shape index (κ3) is 5.93. The number of nitrogens with one attached hydrogen (secondary N) is 1. The molecule has 10 heteroatoms. The van der Waals surface area contributed by atoms with E-state index in [2.05, 4.69) is 20.0 Å². The molecule has 6 nitrogen and oxygen atoms in total. The first kappa shape index (κ1) is 23.0. The third-order valence-corrected chi connectivity index (χ3v) is 4.41. The van der Waals surface area contributed by atoms with Crippen LogP contribution in [0.1, 0.15) is 23.7 Å². The van der Waals surface area contributed by atoms with Crippen molar-refractivity contribution in [3.8, 4) is 16.9 Å².